The van der Waals surface area contributed by atoms with Crippen molar-refractivity contribution >= 4 is 12.4 Å². The van der Waals surface area contributed by atoms with Gasteiger partial charge < -0.3 is 14.8 Å². The summed E-state index contributed by atoms with van der Waals surface area (Å²) in [6.45, 7) is 0.793. The first kappa shape index (κ1) is 15.7. The minimum Gasteiger partial charge on any atom is -0.334 e. The van der Waals surface area contributed by atoms with Gasteiger partial charge in [0.05, 0.1) is 11.9 Å². The smallest absolute Gasteiger partial charge is 0.257 e. The third-order valence-electron chi connectivity index (χ3n) is 4.24. The molecule has 6 nitrogen and oxygen atoms in total. The highest BCUT2D eigenvalue weighted by Crippen LogP contribution is 2.37. The highest BCUT2D eigenvalue weighted by Gasteiger charge is 2.39. The van der Waals surface area contributed by atoms with Crippen LogP contribution in [0, 0.1) is 0 Å². The second-order valence-corrected chi connectivity index (χ2v) is 5.86. The fraction of sp³-hybridized carbons (Fsp3) is 0.312. The van der Waals surface area contributed by atoms with Crippen LogP contribution in [-0.4, -0.2) is 19.7 Å². The zero-order chi connectivity index (χ0) is 15.0. The summed E-state index contributed by atoms with van der Waals surface area (Å²) >= 11 is 0. The lowest BCUT2D eigenvalue weighted by molar-refractivity contribution is 0.229. The molecule has 2 N–H and O–H groups in total. The van der Waals surface area contributed by atoms with Gasteiger partial charge in [-0.15, -0.1) is 12.4 Å². The first-order valence-electron chi connectivity index (χ1n) is 7.41. The first-order valence-corrected chi connectivity index (χ1v) is 7.41. The molecule has 120 valence electrons. The lowest BCUT2D eigenvalue weighted by Gasteiger charge is -2.34. The van der Waals surface area contributed by atoms with Crippen LogP contribution in [0.5, 0.6) is 0 Å². The molecular formula is C16H18ClN5O. The van der Waals surface area contributed by atoms with Crippen molar-refractivity contribution in [2.24, 2.45) is 5.73 Å². The van der Waals surface area contributed by atoms with E-state index in [0.29, 0.717) is 11.7 Å². The lowest BCUT2D eigenvalue weighted by Crippen LogP contribution is -2.44. The third-order valence-corrected chi connectivity index (χ3v) is 4.24. The van der Waals surface area contributed by atoms with Gasteiger partial charge in [-0.2, -0.15) is 4.98 Å². The SMILES string of the molecule is Cl.NC1(c2noc(-c3ccc(Cn4ccnc4)cc3)n2)CCC1. The van der Waals surface area contributed by atoms with Crippen LogP contribution in [-0.2, 0) is 12.1 Å². The van der Waals surface area contributed by atoms with Gasteiger partial charge in [-0.1, -0.05) is 17.3 Å². The van der Waals surface area contributed by atoms with Crippen molar-refractivity contribution in [3.05, 3.63) is 54.4 Å². The zero-order valence-corrected chi connectivity index (χ0v) is 13.4. The summed E-state index contributed by atoms with van der Waals surface area (Å²) in [4.78, 5) is 8.50. The van der Waals surface area contributed by atoms with Gasteiger partial charge in [0.2, 0.25) is 0 Å². The normalized spacial score (nSPS) is 15.7. The number of nitrogens with two attached hydrogens (primary N) is 1. The monoisotopic (exact) mass is 331 g/mol. The Labute approximate surface area is 140 Å². The van der Waals surface area contributed by atoms with Crippen LogP contribution in [0.2, 0.25) is 0 Å². The number of nitrogens with zero attached hydrogens (tertiary/aromatic N) is 4. The molecule has 2 heterocycles. The number of hydrogen-bond donors (Lipinski definition) is 1. The van der Waals surface area contributed by atoms with Crippen molar-refractivity contribution in [3.8, 4) is 11.5 Å². The number of rotatable bonds is 4. The summed E-state index contributed by atoms with van der Waals surface area (Å²) in [5.74, 6) is 1.15. The van der Waals surface area contributed by atoms with Crippen LogP contribution in [0.15, 0.2) is 47.5 Å². The predicted octanol–water partition coefficient (Wildman–Crippen LogP) is 2.74. The van der Waals surface area contributed by atoms with Crippen molar-refractivity contribution < 1.29 is 4.52 Å². The maximum absolute atomic E-state index is 6.22. The number of aromatic nitrogens is 4. The fourth-order valence-electron chi connectivity index (χ4n) is 2.67. The predicted molar refractivity (Wildman–Crippen MR) is 88.0 cm³/mol. The Morgan fingerprint density at radius 2 is 2.00 bits per heavy atom. The van der Waals surface area contributed by atoms with Crippen molar-refractivity contribution in [1.82, 2.24) is 19.7 Å². The second-order valence-electron chi connectivity index (χ2n) is 5.86. The fourth-order valence-corrected chi connectivity index (χ4v) is 2.67. The maximum Gasteiger partial charge on any atom is 0.257 e. The van der Waals surface area contributed by atoms with E-state index >= 15 is 0 Å². The number of hydrogen-bond acceptors (Lipinski definition) is 5. The molecule has 1 aromatic carbocycles. The zero-order valence-electron chi connectivity index (χ0n) is 12.6. The quantitative estimate of drug-likeness (QED) is 0.794. The van der Waals surface area contributed by atoms with Crippen LogP contribution in [0.25, 0.3) is 11.5 Å². The summed E-state index contributed by atoms with van der Waals surface area (Å²) in [6, 6.07) is 8.10. The summed E-state index contributed by atoms with van der Waals surface area (Å²) in [6.07, 6.45) is 8.50. The molecule has 23 heavy (non-hydrogen) atoms. The molecule has 0 bridgehead atoms. The molecule has 1 aliphatic rings. The molecule has 0 spiro atoms. The van der Waals surface area contributed by atoms with E-state index in [1.165, 1.54) is 5.56 Å². The molecule has 2 aromatic heterocycles. The van der Waals surface area contributed by atoms with E-state index in [0.717, 1.165) is 31.4 Å². The number of imidazole rings is 1. The summed E-state index contributed by atoms with van der Waals surface area (Å²) in [7, 11) is 0. The largest absolute Gasteiger partial charge is 0.334 e. The molecule has 0 radical (unpaired) electrons. The Hall–Kier alpha value is -2.18. The molecule has 0 unspecified atom stereocenters. The average molecular weight is 332 g/mol. The van der Waals surface area contributed by atoms with Gasteiger partial charge in [0.15, 0.2) is 5.82 Å². The molecule has 0 atom stereocenters. The lowest BCUT2D eigenvalue weighted by atomic mass is 9.77. The second kappa shape index (κ2) is 6.14. The van der Waals surface area contributed by atoms with Crippen LogP contribution in [0.4, 0.5) is 0 Å². The first-order chi connectivity index (χ1) is 10.7. The number of halogens is 1. The van der Waals surface area contributed by atoms with E-state index in [1.54, 1.807) is 12.5 Å². The van der Waals surface area contributed by atoms with Crippen LogP contribution < -0.4 is 5.73 Å². The van der Waals surface area contributed by atoms with Gasteiger partial charge in [-0.05, 0) is 37.0 Å². The average Bonchev–Trinajstić information content (AvgIpc) is 3.17. The van der Waals surface area contributed by atoms with E-state index < -0.39 is 0 Å². The minimum absolute atomic E-state index is 0. The van der Waals surface area contributed by atoms with Gasteiger partial charge in [-0.3, -0.25) is 0 Å². The Balaban J connectivity index is 0.00000156. The summed E-state index contributed by atoms with van der Waals surface area (Å²) in [5.41, 5.74) is 7.94. The van der Waals surface area contributed by atoms with Crippen molar-refractivity contribution in [3.63, 3.8) is 0 Å². The Morgan fingerprint density at radius 3 is 2.61 bits per heavy atom. The van der Waals surface area contributed by atoms with Crippen LogP contribution >= 0.6 is 12.4 Å². The summed E-state index contributed by atoms with van der Waals surface area (Å²) < 4.78 is 7.38. The van der Waals surface area contributed by atoms with E-state index in [1.807, 2.05) is 22.9 Å². The molecule has 4 rings (SSSR count). The van der Waals surface area contributed by atoms with E-state index in [4.69, 9.17) is 10.3 Å². The van der Waals surface area contributed by atoms with Gasteiger partial charge in [0, 0.05) is 24.5 Å². The van der Waals surface area contributed by atoms with E-state index in [-0.39, 0.29) is 17.9 Å². The minimum atomic E-state index is -0.386. The summed E-state index contributed by atoms with van der Waals surface area (Å²) in [5, 5.41) is 4.05. The van der Waals surface area contributed by atoms with Crippen molar-refractivity contribution in [2.75, 3.05) is 0 Å². The Bertz CT molecular complexity index is 762. The number of benzene rings is 1. The third kappa shape index (κ3) is 3.00. The Morgan fingerprint density at radius 1 is 1.22 bits per heavy atom. The molecular weight excluding hydrogens is 314 g/mol. The maximum atomic E-state index is 6.22. The molecule has 0 amide bonds. The molecule has 1 fully saturated rings. The molecule has 1 saturated carbocycles. The van der Waals surface area contributed by atoms with Crippen molar-refractivity contribution in [2.45, 2.75) is 31.3 Å². The van der Waals surface area contributed by atoms with Crippen molar-refractivity contribution in [1.29, 1.82) is 0 Å². The van der Waals surface area contributed by atoms with Crippen LogP contribution in [0.3, 0.4) is 0 Å². The highest BCUT2D eigenvalue weighted by atomic mass is 35.5. The van der Waals surface area contributed by atoms with Gasteiger partial charge >= 0.3 is 0 Å². The van der Waals surface area contributed by atoms with Gasteiger partial charge in [-0.25, -0.2) is 4.98 Å². The molecule has 3 aromatic rings. The molecule has 1 aliphatic carbocycles. The molecule has 0 saturated heterocycles. The molecule has 0 aliphatic heterocycles. The highest BCUT2D eigenvalue weighted by molar-refractivity contribution is 5.85. The van der Waals surface area contributed by atoms with E-state index in [9.17, 15) is 0 Å². The standard InChI is InChI=1S/C16H17N5O.ClH/c17-16(6-1-7-16)15-19-14(22-20-15)13-4-2-12(3-5-13)10-21-9-8-18-11-21;/h2-5,8-9,11H,1,6-7,10,17H2;1H. The van der Waals surface area contributed by atoms with Crippen LogP contribution in [0.1, 0.15) is 30.7 Å². The topological polar surface area (TPSA) is 82.8 Å². The Kier molecular flexibility index (Phi) is 4.19. The van der Waals surface area contributed by atoms with Gasteiger partial charge in [0.25, 0.3) is 5.89 Å². The molecule has 7 heteroatoms. The van der Waals surface area contributed by atoms with Gasteiger partial charge in [0.1, 0.15) is 0 Å². The van der Waals surface area contributed by atoms with E-state index in [2.05, 4.69) is 27.3 Å².